The fourth-order valence-electron chi connectivity index (χ4n) is 1.39. The van der Waals surface area contributed by atoms with Crippen molar-refractivity contribution in [1.82, 2.24) is 4.72 Å². The minimum atomic E-state index is -3.30. The first-order valence-electron chi connectivity index (χ1n) is 5.52. The number of hydrogen-bond acceptors (Lipinski definition) is 5. The lowest BCUT2D eigenvalue weighted by Gasteiger charge is -2.08. The third-order valence-electron chi connectivity index (χ3n) is 2.26. The number of anilines is 1. The van der Waals surface area contributed by atoms with Crippen LogP contribution in [-0.4, -0.2) is 32.7 Å². The first-order valence-corrected chi connectivity index (χ1v) is 7.42. The molecule has 0 saturated carbocycles. The molecule has 1 aromatic carbocycles. The molecule has 0 fully saturated rings. The number of rotatable bonds is 7. The van der Waals surface area contributed by atoms with Crippen molar-refractivity contribution in [3.8, 4) is 0 Å². The van der Waals surface area contributed by atoms with Gasteiger partial charge >= 0.3 is 0 Å². The Morgan fingerprint density at radius 3 is 2.25 bits per heavy atom. The second-order valence-electron chi connectivity index (χ2n) is 3.99. The van der Waals surface area contributed by atoms with Crippen LogP contribution < -0.4 is 10.0 Å². The predicted molar refractivity (Wildman–Crippen MR) is 69.0 cm³/mol. The van der Waals surface area contributed by atoms with E-state index < -0.39 is 38.0 Å². The first kappa shape index (κ1) is 16.2. The highest BCUT2D eigenvalue weighted by Gasteiger charge is 2.16. The average molecular weight is 309 g/mol. The van der Waals surface area contributed by atoms with E-state index >= 15 is 0 Å². The molecule has 0 spiro atoms. The third kappa shape index (κ3) is 5.05. The van der Waals surface area contributed by atoms with Crippen molar-refractivity contribution in [2.24, 2.45) is 0 Å². The molecule has 0 amide bonds. The molecule has 0 bridgehead atoms. The minimum absolute atomic E-state index is 0.105. The Balaban J connectivity index is 2.59. The van der Waals surface area contributed by atoms with E-state index in [-0.39, 0.29) is 13.1 Å². The SMILES string of the molecule is CS(=O)(=O)NCCCNc1c(F)cc([N+](=O)[O-])cc1F. The van der Waals surface area contributed by atoms with Gasteiger partial charge in [0.15, 0.2) is 11.6 Å². The molecule has 0 aliphatic rings. The van der Waals surface area contributed by atoms with E-state index in [2.05, 4.69) is 10.0 Å². The smallest absolute Gasteiger partial charge is 0.275 e. The molecule has 2 N–H and O–H groups in total. The number of benzene rings is 1. The number of sulfonamides is 1. The number of nitro benzene ring substituents is 1. The van der Waals surface area contributed by atoms with Gasteiger partial charge in [-0.1, -0.05) is 0 Å². The van der Waals surface area contributed by atoms with Crippen molar-refractivity contribution in [1.29, 1.82) is 0 Å². The van der Waals surface area contributed by atoms with Gasteiger partial charge in [0.2, 0.25) is 10.0 Å². The zero-order chi connectivity index (χ0) is 15.3. The van der Waals surface area contributed by atoms with Crippen LogP contribution in [0.2, 0.25) is 0 Å². The Labute approximate surface area is 114 Å². The van der Waals surface area contributed by atoms with Gasteiger partial charge in [-0.25, -0.2) is 21.9 Å². The van der Waals surface area contributed by atoms with Crippen LogP contribution in [0, 0.1) is 21.7 Å². The van der Waals surface area contributed by atoms with Crippen molar-refractivity contribution in [3.63, 3.8) is 0 Å². The minimum Gasteiger partial charge on any atom is -0.380 e. The number of nitrogens with one attached hydrogen (secondary N) is 2. The van der Waals surface area contributed by atoms with E-state index in [1.807, 2.05) is 0 Å². The van der Waals surface area contributed by atoms with E-state index in [0.717, 1.165) is 6.26 Å². The van der Waals surface area contributed by atoms with Gasteiger partial charge in [0.25, 0.3) is 5.69 Å². The Bertz CT molecular complexity index is 584. The topological polar surface area (TPSA) is 101 Å². The quantitative estimate of drug-likeness (QED) is 0.448. The summed E-state index contributed by atoms with van der Waals surface area (Å²) in [7, 11) is -3.30. The summed E-state index contributed by atoms with van der Waals surface area (Å²) in [5.74, 6) is -2.15. The fraction of sp³-hybridized carbons (Fsp3) is 0.400. The van der Waals surface area contributed by atoms with Gasteiger partial charge in [-0.2, -0.15) is 0 Å². The van der Waals surface area contributed by atoms with Crippen LogP contribution in [-0.2, 0) is 10.0 Å². The Morgan fingerprint density at radius 2 is 1.80 bits per heavy atom. The largest absolute Gasteiger partial charge is 0.380 e. The second-order valence-corrected chi connectivity index (χ2v) is 5.82. The van der Waals surface area contributed by atoms with Gasteiger partial charge < -0.3 is 5.32 Å². The lowest BCUT2D eigenvalue weighted by molar-refractivity contribution is -0.385. The summed E-state index contributed by atoms with van der Waals surface area (Å²) in [5.41, 5.74) is -1.15. The summed E-state index contributed by atoms with van der Waals surface area (Å²) >= 11 is 0. The molecular weight excluding hydrogens is 296 g/mol. The maximum Gasteiger partial charge on any atom is 0.275 e. The van der Waals surface area contributed by atoms with Crippen LogP contribution in [0.3, 0.4) is 0 Å². The average Bonchev–Trinajstić information content (AvgIpc) is 2.29. The van der Waals surface area contributed by atoms with E-state index in [1.54, 1.807) is 0 Å². The maximum absolute atomic E-state index is 13.5. The summed E-state index contributed by atoms with van der Waals surface area (Å²) < 4.78 is 50.6. The lowest BCUT2D eigenvalue weighted by atomic mass is 10.2. The van der Waals surface area contributed by atoms with Crippen molar-refractivity contribution >= 4 is 21.4 Å². The van der Waals surface area contributed by atoms with Gasteiger partial charge in [-0.05, 0) is 6.42 Å². The molecule has 0 aliphatic heterocycles. The van der Waals surface area contributed by atoms with E-state index in [0.29, 0.717) is 18.6 Å². The summed E-state index contributed by atoms with van der Waals surface area (Å²) in [4.78, 5) is 9.50. The number of hydrogen-bond donors (Lipinski definition) is 2. The second kappa shape index (κ2) is 6.57. The lowest BCUT2D eigenvalue weighted by Crippen LogP contribution is -2.24. The van der Waals surface area contributed by atoms with E-state index in [9.17, 15) is 27.3 Å². The number of nitrogens with zero attached hydrogens (tertiary/aromatic N) is 1. The Morgan fingerprint density at radius 1 is 1.25 bits per heavy atom. The predicted octanol–water partition coefficient (Wildman–Crippen LogP) is 1.22. The summed E-state index contributed by atoms with van der Waals surface area (Å²) in [6, 6.07) is 1.22. The van der Waals surface area contributed by atoms with Crippen molar-refractivity contribution in [2.75, 3.05) is 24.7 Å². The normalized spacial score (nSPS) is 11.3. The highest BCUT2D eigenvalue weighted by atomic mass is 32.2. The molecule has 0 aliphatic carbocycles. The van der Waals surface area contributed by atoms with E-state index in [1.165, 1.54) is 0 Å². The highest BCUT2D eigenvalue weighted by molar-refractivity contribution is 7.88. The third-order valence-corrected chi connectivity index (χ3v) is 2.99. The van der Waals surface area contributed by atoms with Crippen molar-refractivity contribution in [2.45, 2.75) is 6.42 Å². The van der Waals surface area contributed by atoms with Crippen LogP contribution >= 0.6 is 0 Å². The van der Waals surface area contributed by atoms with Gasteiger partial charge in [0.1, 0.15) is 5.69 Å². The molecule has 1 rings (SSSR count). The molecule has 10 heteroatoms. The van der Waals surface area contributed by atoms with Gasteiger partial charge in [-0.15, -0.1) is 0 Å². The highest BCUT2D eigenvalue weighted by Crippen LogP contribution is 2.24. The molecule has 0 radical (unpaired) electrons. The van der Waals surface area contributed by atoms with Crippen molar-refractivity contribution in [3.05, 3.63) is 33.9 Å². The molecule has 0 aromatic heterocycles. The standard InChI is InChI=1S/C10H13F2N3O4S/c1-20(18,19)14-4-2-3-13-10-8(11)5-7(15(16)17)6-9(10)12/h5-6,13-14H,2-4H2,1H3. The zero-order valence-electron chi connectivity index (χ0n) is 10.5. The number of halogens is 2. The van der Waals surface area contributed by atoms with Crippen LogP contribution in [0.1, 0.15) is 6.42 Å². The monoisotopic (exact) mass is 309 g/mol. The Kier molecular flexibility index (Phi) is 5.34. The van der Waals surface area contributed by atoms with Gasteiger partial charge in [0.05, 0.1) is 23.3 Å². The fourth-order valence-corrected chi connectivity index (χ4v) is 1.91. The van der Waals surface area contributed by atoms with Crippen molar-refractivity contribution < 1.29 is 22.1 Å². The number of nitro groups is 1. The van der Waals surface area contributed by atoms with Gasteiger partial charge in [0, 0.05) is 13.1 Å². The van der Waals surface area contributed by atoms with Crippen LogP contribution in [0.5, 0.6) is 0 Å². The molecule has 20 heavy (non-hydrogen) atoms. The molecular formula is C10H13F2N3O4S. The Hall–Kier alpha value is -1.81. The summed E-state index contributed by atoms with van der Waals surface area (Å²) in [6.45, 7) is 0.218. The van der Waals surface area contributed by atoms with Crippen LogP contribution in [0.25, 0.3) is 0 Å². The molecule has 0 saturated heterocycles. The maximum atomic E-state index is 13.5. The van der Waals surface area contributed by atoms with Crippen LogP contribution in [0.4, 0.5) is 20.2 Å². The molecule has 112 valence electrons. The van der Waals surface area contributed by atoms with Gasteiger partial charge in [-0.3, -0.25) is 10.1 Å². The molecule has 0 unspecified atom stereocenters. The molecule has 0 atom stereocenters. The number of non-ortho nitro benzene ring substituents is 1. The zero-order valence-corrected chi connectivity index (χ0v) is 11.3. The van der Waals surface area contributed by atoms with E-state index in [4.69, 9.17) is 0 Å². The first-order chi connectivity index (χ1) is 9.20. The molecule has 1 aromatic rings. The molecule has 7 nitrogen and oxygen atoms in total. The van der Waals surface area contributed by atoms with Crippen LogP contribution in [0.15, 0.2) is 12.1 Å². The molecule has 0 heterocycles. The summed E-state index contributed by atoms with van der Waals surface area (Å²) in [6.07, 6.45) is 1.29. The summed E-state index contributed by atoms with van der Waals surface area (Å²) in [5, 5.41) is 12.8.